The van der Waals surface area contributed by atoms with Gasteiger partial charge in [-0.1, -0.05) is 124 Å². The van der Waals surface area contributed by atoms with Crippen molar-refractivity contribution in [3.63, 3.8) is 0 Å². The number of carboxylic acids is 1. The fourth-order valence-electron chi connectivity index (χ4n) is 5.13. The lowest BCUT2D eigenvalue weighted by Gasteiger charge is -2.19. The van der Waals surface area contributed by atoms with Crippen LogP contribution in [0.2, 0.25) is 0 Å². The second kappa shape index (κ2) is 16.5. The third-order valence-corrected chi connectivity index (χ3v) is 8.33. The summed E-state index contributed by atoms with van der Waals surface area (Å²) in [7, 11) is 0. The van der Waals surface area contributed by atoms with Gasteiger partial charge in [0.25, 0.3) is 5.91 Å². The Morgan fingerprint density at radius 3 is 2.22 bits per heavy atom. The monoisotopic (exact) mass is 685 g/mol. The molecule has 4 rings (SSSR count). The van der Waals surface area contributed by atoms with E-state index in [0.29, 0.717) is 22.4 Å². The number of hydrogen-bond acceptors (Lipinski definition) is 4. The molecule has 46 heavy (non-hydrogen) atoms. The number of benzene rings is 4. The van der Waals surface area contributed by atoms with Crippen molar-refractivity contribution in [2.75, 3.05) is 6.61 Å². The van der Waals surface area contributed by atoms with Crippen LogP contribution in [0, 0.1) is 0 Å². The van der Waals surface area contributed by atoms with Crippen LogP contribution in [0.25, 0.3) is 11.1 Å². The van der Waals surface area contributed by atoms with E-state index in [2.05, 4.69) is 61.1 Å². The molecule has 0 aliphatic heterocycles. The van der Waals surface area contributed by atoms with Crippen LogP contribution < -0.4 is 14.8 Å². The van der Waals surface area contributed by atoms with Crippen molar-refractivity contribution in [3.8, 4) is 28.4 Å². The van der Waals surface area contributed by atoms with Gasteiger partial charge in [-0.3, -0.25) is 4.79 Å². The number of aliphatic carboxylic acids is 1. The number of para-hydroxylation sites is 1. The third-order valence-electron chi connectivity index (χ3n) is 7.84. The molecule has 1 atom stereocenters. The molecule has 4 aromatic carbocycles. The first-order valence-corrected chi connectivity index (χ1v) is 16.8. The van der Waals surface area contributed by atoms with E-state index in [1.807, 2.05) is 66.7 Å². The van der Waals surface area contributed by atoms with Gasteiger partial charge in [0.05, 0.1) is 12.2 Å². The molecular formula is C39H44BrNO5. The molecule has 0 radical (unpaired) electrons. The smallest absolute Gasteiger partial charge is 0.326 e. The van der Waals surface area contributed by atoms with E-state index in [4.69, 9.17) is 9.47 Å². The molecule has 0 heterocycles. The highest BCUT2D eigenvalue weighted by atomic mass is 79.9. The fraction of sp³-hybridized carbons (Fsp3) is 0.333. The normalized spacial score (nSPS) is 11.9. The Balaban J connectivity index is 1.43. The molecule has 0 aliphatic carbocycles. The maximum atomic E-state index is 13.3. The Hall–Kier alpha value is -4.10. The Morgan fingerprint density at radius 2 is 1.54 bits per heavy atom. The Bertz CT molecular complexity index is 1590. The van der Waals surface area contributed by atoms with E-state index in [0.717, 1.165) is 47.5 Å². The minimum absolute atomic E-state index is 0.0595. The van der Waals surface area contributed by atoms with Gasteiger partial charge in [0, 0.05) is 16.5 Å². The summed E-state index contributed by atoms with van der Waals surface area (Å²) < 4.78 is 12.9. The van der Waals surface area contributed by atoms with E-state index >= 15 is 0 Å². The van der Waals surface area contributed by atoms with Crippen molar-refractivity contribution in [1.29, 1.82) is 0 Å². The van der Waals surface area contributed by atoms with Gasteiger partial charge in [0.2, 0.25) is 0 Å². The van der Waals surface area contributed by atoms with E-state index in [-0.39, 0.29) is 11.8 Å². The van der Waals surface area contributed by atoms with Gasteiger partial charge in [0.1, 0.15) is 23.3 Å². The van der Waals surface area contributed by atoms with E-state index in [9.17, 15) is 14.7 Å². The number of amides is 1. The van der Waals surface area contributed by atoms with Crippen LogP contribution in [-0.4, -0.2) is 29.6 Å². The lowest BCUT2D eigenvalue weighted by Crippen LogP contribution is -2.42. The van der Waals surface area contributed by atoms with Crippen LogP contribution in [0.1, 0.15) is 81.3 Å². The molecule has 0 aromatic heterocycles. The van der Waals surface area contributed by atoms with E-state index in [1.54, 1.807) is 12.1 Å². The molecule has 2 N–H and O–H groups in total. The highest BCUT2D eigenvalue weighted by Crippen LogP contribution is 2.34. The fourth-order valence-corrected chi connectivity index (χ4v) is 5.49. The van der Waals surface area contributed by atoms with Crippen molar-refractivity contribution in [2.24, 2.45) is 0 Å². The van der Waals surface area contributed by atoms with Crippen LogP contribution in [0.15, 0.2) is 95.5 Å². The van der Waals surface area contributed by atoms with Gasteiger partial charge in [-0.05, 0) is 64.9 Å². The van der Waals surface area contributed by atoms with E-state index < -0.39 is 17.9 Å². The molecule has 7 heteroatoms. The zero-order valence-electron chi connectivity index (χ0n) is 27.1. The summed E-state index contributed by atoms with van der Waals surface area (Å²) in [6.45, 7) is 9.21. The molecule has 0 saturated carbocycles. The molecule has 0 bridgehead atoms. The number of ether oxygens (including phenoxy) is 2. The van der Waals surface area contributed by atoms with Crippen LogP contribution in [0.3, 0.4) is 0 Å². The van der Waals surface area contributed by atoms with Crippen LogP contribution >= 0.6 is 15.9 Å². The molecule has 0 saturated heterocycles. The maximum absolute atomic E-state index is 13.3. The predicted molar refractivity (Wildman–Crippen MR) is 188 cm³/mol. The van der Waals surface area contributed by atoms with Crippen LogP contribution in [-0.2, 0) is 16.6 Å². The highest BCUT2D eigenvalue weighted by molar-refractivity contribution is 9.10. The highest BCUT2D eigenvalue weighted by Gasteiger charge is 2.23. The molecule has 0 spiro atoms. The Kier molecular flexibility index (Phi) is 12.4. The number of nitrogens with one attached hydrogen (secondary N) is 1. The largest absolute Gasteiger partial charge is 0.493 e. The van der Waals surface area contributed by atoms with Crippen LogP contribution in [0.4, 0.5) is 0 Å². The van der Waals surface area contributed by atoms with Crippen molar-refractivity contribution >= 4 is 27.8 Å². The van der Waals surface area contributed by atoms with Gasteiger partial charge >= 0.3 is 5.97 Å². The molecule has 6 nitrogen and oxygen atoms in total. The minimum atomic E-state index is -1.12. The first-order chi connectivity index (χ1) is 22.0. The number of halogens is 1. The summed E-state index contributed by atoms with van der Waals surface area (Å²) in [5, 5.41) is 12.7. The number of unbranched alkanes of at least 4 members (excludes halogenated alkanes) is 4. The number of carboxylic acid groups (broad SMARTS) is 1. The molecule has 1 amide bonds. The first kappa shape index (κ1) is 34.8. The molecule has 4 aromatic rings. The second-order valence-electron chi connectivity index (χ2n) is 12.5. The molecule has 0 fully saturated rings. The summed E-state index contributed by atoms with van der Waals surface area (Å²) in [4.78, 5) is 25.5. The zero-order chi connectivity index (χ0) is 33.1. The van der Waals surface area contributed by atoms with Gasteiger partial charge < -0.3 is 19.9 Å². The molecular weight excluding hydrogens is 642 g/mol. The summed E-state index contributed by atoms with van der Waals surface area (Å²) in [6, 6.07) is 27.7. The molecule has 1 unspecified atom stereocenters. The summed E-state index contributed by atoms with van der Waals surface area (Å²) >= 11 is 3.42. The third kappa shape index (κ3) is 9.95. The maximum Gasteiger partial charge on any atom is 0.326 e. The molecule has 242 valence electrons. The Morgan fingerprint density at radius 1 is 0.848 bits per heavy atom. The standard InChI is InChI=1S/C39H44BrNO5/c1-5-6-7-8-11-24-45-35-23-20-30(40)26-33(35)37(42)41-34(38(43)44)25-27-14-16-28(17-15-27)32-12-9-10-13-36(32)46-31-21-18-29(19-22-31)39(2,3)4/h9-10,12-23,26,34H,5-8,11,24-25H2,1-4H3,(H,41,42)(H,43,44). The number of carbonyl (C=O) groups excluding carboxylic acids is 1. The first-order valence-electron chi connectivity index (χ1n) is 16.0. The Labute approximate surface area is 281 Å². The van der Waals surface area contributed by atoms with Gasteiger partial charge in [-0.25, -0.2) is 4.79 Å². The van der Waals surface area contributed by atoms with Gasteiger partial charge in [-0.2, -0.15) is 0 Å². The average Bonchev–Trinajstić information content (AvgIpc) is 3.03. The number of carbonyl (C=O) groups is 2. The van der Waals surface area contributed by atoms with Crippen LogP contribution in [0.5, 0.6) is 17.2 Å². The summed E-state index contributed by atoms with van der Waals surface area (Å²) in [5.74, 6) is 0.316. The average molecular weight is 687 g/mol. The predicted octanol–water partition coefficient (Wildman–Crippen LogP) is 9.98. The van der Waals surface area contributed by atoms with E-state index in [1.165, 1.54) is 18.4 Å². The van der Waals surface area contributed by atoms with Gasteiger partial charge in [0.15, 0.2) is 0 Å². The topological polar surface area (TPSA) is 84.9 Å². The quantitative estimate of drug-likeness (QED) is 0.122. The van der Waals surface area contributed by atoms with Crippen molar-refractivity contribution in [2.45, 2.75) is 77.7 Å². The van der Waals surface area contributed by atoms with Crippen molar-refractivity contribution < 1.29 is 24.2 Å². The summed E-state index contributed by atoms with van der Waals surface area (Å²) in [5.41, 5.74) is 4.23. The second-order valence-corrected chi connectivity index (χ2v) is 13.5. The van der Waals surface area contributed by atoms with Crippen molar-refractivity contribution in [1.82, 2.24) is 5.32 Å². The molecule has 0 aliphatic rings. The SMILES string of the molecule is CCCCCCCOc1ccc(Br)cc1C(=O)NC(Cc1ccc(-c2ccccc2Oc2ccc(C(C)(C)C)cc2)cc1)C(=O)O. The lowest BCUT2D eigenvalue weighted by atomic mass is 9.87. The number of rotatable bonds is 15. The van der Waals surface area contributed by atoms with Crippen molar-refractivity contribution in [3.05, 3.63) is 112 Å². The number of hydrogen-bond donors (Lipinski definition) is 2. The lowest BCUT2D eigenvalue weighted by molar-refractivity contribution is -0.139. The zero-order valence-corrected chi connectivity index (χ0v) is 28.7. The summed E-state index contributed by atoms with van der Waals surface area (Å²) in [6.07, 6.45) is 5.60. The van der Waals surface area contributed by atoms with Gasteiger partial charge in [-0.15, -0.1) is 0 Å². The minimum Gasteiger partial charge on any atom is -0.493 e.